The number of hydrogen-bond donors (Lipinski definition) is 3. The Morgan fingerprint density at radius 3 is 1.90 bits per heavy atom. The molecule has 1 saturated heterocycles. The Hall–Kier alpha value is -1.03. The second kappa shape index (κ2) is 9.85. The predicted octanol–water partition coefficient (Wildman–Crippen LogP) is 3.39. The van der Waals surface area contributed by atoms with E-state index in [1.165, 1.54) is 0 Å². The van der Waals surface area contributed by atoms with Gasteiger partial charge in [0, 0.05) is 0 Å². The highest BCUT2D eigenvalue weighted by molar-refractivity contribution is 7.80. The Labute approximate surface area is 179 Å². The first-order chi connectivity index (χ1) is 13.5. The van der Waals surface area contributed by atoms with Crippen molar-refractivity contribution in [2.45, 2.75) is 88.9 Å². The van der Waals surface area contributed by atoms with Crippen molar-refractivity contribution in [3.05, 3.63) is 30.3 Å². The van der Waals surface area contributed by atoms with Crippen LogP contribution >= 0.6 is 12.2 Å². The van der Waals surface area contributed by atoms with Crippen molar-refractivity contribution in [3.63, 3.8) is 0 Å². The lowest BCUT2D eigenvalue weighted by molar-refractivity contribution is -0.258. The van der Waals surface area contributed by atoms with Crippen molar-refractivity contribution in [2.75, 3.05) is 0 Å². The summed E-state index contributed by atoms with van der Waals surface area (Å²) in [4.78, 5) is 0. The number of ether oxygens (including phenoxy) is 2. The van der Waals surface area contributed by atoms with Gasteiger partial charge < -0.3 is 29.2 Å². The van der Waals surface area contributed by atoms with E-state index in [9.17, 15) is 15.3 Å². The number of thiocarbonyl (C=S) groups is 1. The molecule has 0 radical (unpaired) electrons. The van der Waals surface area contributed by atoms with Crippen LogP contribution in [0.5, 0.6) is 5.75 Å². The van der Waals surface area contributed by atoms with Crippen LogP contribution in [0.15, 0.2) is 30.3 Å². The molecule has 29 heavy (non-hydrogen) atoms. The van der Waals surface area contributed by atoms with E-state index in [1.54, 1.807) is 24.3 Å². The van der Waals surface area contributed by atoms with Crippen LogP contribution in [0.4, 0.5) is 0 Å². The summed E-state index contributed by atoms with van der Waals surface area (Å²) in [5.41, 5.74) is 0.856. The second-order valence-corrected chi connectivity index (χ2v) is 14.3. The van der Waals surface area contributed by atoms with Gasteiger partial charge in [0.2, 0.25) is 6.29 Å². The summed E-state index contributed by atoms with van der Waals surface area (Å²) in [5, 5.41) is 31.3. The van der Waals surface area contributed by atoms with Gasteiger partial charge in [-0.1, -0.05) is 59.7 Å². The molecule has 2 rings (SSSR count). The third-order valence-electron chi connectivity index (χ3n) is 5.78. The van der Waals surface area contributed by atoms with E-state index in [1.807, 2.05) is 6.07 Å². The molecule has 1 aromatic carbocycles. The van der Waals surface area contributed by atoms with E-state index in [0.29, 0.717) is 5.75 Å². The van der Waals surface area contributed by atoms with Gasteiger partial charge in [0.15, 0.2) is 11.2 Å². The van der Waals surface area contributed by atoms with E-state index in [4.69, 9.17) is 26.1 Å². The fraction of sp³-hybridized carbons (Fsp3) is 0.667. The second-order valence-electron chi connectivity index (χ2n) is 8.57. The predicted molar refractivity (Wildman–Crippen MR) is 118 cm³/mol. The lowest BCUT2D eigenvalue weighted by Gasteiger charge is -2.45. The zero-order valence-corrected chi connectivity index (χ0v) is 19.8. The van der Waals surface area contributed by atoms with Crippen molar-refractivity contribution in [3.8, 4) is 5.75 Å². The van der Waals surface area contributed by atoms with Crippen molar-refractivity contribution >= 4 is 25.6 Å². The average molecular weight is 443 g/mol. The zero-order chi connectivity index (χ0) is 21.9. The molecule has 8 heteroatoms. The molecule has 5 atom stereocenters. The van der Waals surface area contributed by atoms with E-state index in [0.717, 1.165) is 0 Å². The van der Waals surface area contributed by atoms with Crippen LogP contribution in [0, 0.1) is 0 Å². The van der Waals surface area contributed by atoms with Crippen LogP contribution < -0.4 is 4.74 Å². The van der Waals surface area contributed by atoms with Gasteiger partial charge in [0.25, 0.3) is 8.32 Å². The van der Waals surface area contributed by atoms with E-state index in [-0.39, 0.29) is 21.7 Å². The number of hydrogen-bond acceptors (Lipinski definition) is 7. The molecule has 3 N–H and O–H groups in total. The summed E-state index contributed by atoms with van der Waals surface area (Å²) in [7, 11) is -2.36. The Balaban J connectivity index is 2.25. The number of aliphatic hydroxyl groups excluding tert-OH is 3. The van der Waals surface area contributed by atoms with Crippen LogP contribution in [0.3, 0.4) is 0 Å². The third-order valence-corrected chi connectivity index (χ3v) is 12.2. The smallest absolute Gasteiger partial charge is 0.259 e. The largest absolute Gasteiger partial charge is 0.536 e. The summed E-state index contributed by atoms with van der Waals surface area (Å²) >= 11 is 5.55. The first-order valence-electron chi connectivity index (χ1n) is 10.2. The van der Waals surface area contributed by atoms with E-state index in [2.05, 4.69) is 41.5 Å². The molecule has 0 spiro atoms. The summed E-state index contributed by atoms with van der Waals surface area (Å²) in [6, 6.07) is 8.84. The topological polar surface area (TPSA) is 88.4 Å². The highest BCUT2D eigenvalue weighted by atomic mass is 32.1. The molecule has 1 aliphatic heterocycles. The van der Waals surface area contributed by atoms with Gasteiger partial charge in [-0.15, -0.1) is 0 Å². The highest BCUT2D eigenvalue weighted by Crippen LogP contribution is 2.43. The van der Waals surface area contributed by atoms with Crippen molar-refractivity contribution < 1.29 is 29.2 Å². The molecule has 1 aliphatic rings. The zero-order valence-electron chi connectivity index (χ0n) is 18.0. The minimum atomic E-state index is -2.36. The van der Waals surface area contributed by atoms with Gasteiger partial charge in [-0.25, -0.2) is 0 Å². The lowest BCUT2D eigenvalue weighted by atomic mass is 9.99. The maximum absolute atomic E-state index is 10.5. The third kappa shape index (κ3) is 5.00. The Kier molecular flexibility index (Phi) is 8.23. The molecule has 1 fully saturated rings. The minimum absolute atomic E-state index is 0.105. The van der Waals surface area contributed by atoms with Crippen LogP contribution in [0.2, 0.25) is 16.6 Å². The molecule has 164 valence electrons. The van der Waals surface area contributed by atoms with E-state index < -0.39 is 39.0 Å². The summed E-state index contributed by atoms with van der Waals surface area (Å²) in [5.74, 6) is 0.473. The molecule has 0 bridgehead atoms. The molecule has 0 aromatic heterocycles. The number of benzene rings is 1. The number of rotatable bonds is 7. The standard InChI is InChI=1S/C21H34O6SSi/c1-12(2)29(13(3)4,14(5)6)27-21(28)19-17(23)16(22)18(24)20(26-19)25-15-10-8-7-9-11-15/h7-14,16-20,22-24H,1-6H3/t16-,17+,18+,19+,20+/m1/s1. The first-order valence-corrected chi connectivity index (χ1v) is 12.7. The Morgan fingerprint density at radius 2 is 1.41 bits per heavy atom. The molecule has 6 nitrogen and oxygen atoms in total. The fourth-order valence-corrected chi connectivity index (χ4v) is 10.2. The van der Waals surface area contributed by atoms with Gasteiger partial charge in [-0.3, -0.25) is 0 Å². The number of aliphatic hydroxyl groups is 3. The molecular weight excluding hydrogens is 408 g/mol. The fourth-order valence-electron chi connectivity index (χ4n) is 4.36. The van der Waals surface area contributed by atoms with Crippen LogP contribution in [-0.4, -0.2) is 59.4 Å². The summed E-state index contributed by atoms with van der Waals surface area (Å²) in [6.45, 7) is 12.8. The first kappa shape index (κ1) is 24.2. The molecule has 0 unspecified atom stereocenters. The van der Waals surface area contributed by atoms with Crippen LogP contribution in [-0.2, 0) is 9.16 Å². The monoisotopic (exact) mass is 442 g/mol. The SMILES string of the molecule is CC(C)[Si](OC(=S)[C@H]1O[C@H](Oc2ccccc2)[C@@H](O)[C@H](O)[C@@H]1O)(C(C)C)C(C)C. The van der Waals surface area contributed by atoms with Gasteiger partial charge in [0.1, 0.15) is 24.1 Å². The normalized spacial score (nSPS) is 28.1. The van der Waals surface area contributed by atoms with E-state index >= 15 is 0 Å². The highest BCUT2D eigenvalue weighted by Gasteiger charge is 2.52. The maximum atomic E-state index is 10.5. The van der Waals surface area contributed by atoms with Crippen molar-refractivity contribution in [1.82, 2.24) is 0 Å². The quantitative estimate of drug-likeness (QED) is 0.441. The Morgan fingerprint density at radius 1 is 0.897 bits per heavy atom. The van der Waals surface area contributed by atoms with Gasteiger partial charge in [-0.2, -0.15) is 0 Å². The lowest BCUT2D eigenvalue weighted by Crippen LogP contribution is -2.62. The summed E-state index contributed by atoms with van der Waals surface area (Å²) < 4.78 is 17.9. The van der Waals surface area contributed by atoms with Crippen LogP contribution in [0.25, 0.3) is 0 Å². The van der Waals surface area contributed by atoms with Gasteiger partial charge in [-0.05, 0) is 41.0 Å². The average Bonchev–Trinajstić information content (AvgIpc) is 2.66. The molecular formula is C21H34O6SSi. The maximum Gasteiger partial charge on any atom is 0.259 e. The number of para-hydroxylation sites is 1. The van der Waals surface area contributed by atoms with Crippen molar-refractivity contribution in [1.29, 1.82) is 0 Å². The molecule has 0 aliphatic carbocycles. The summed E-state index contributed by atoms with van der Waals surface area (Å²) in [6.07, 6.45) is -6.58. The van der Waals surface area contributed by atoms with Crippen molar-refractivity contribution in [2.24, 2.45) is 0 Å². The van der Waals surface area contributed by atoms with Gasteiger partial charge in [0.05, 0.1) is 0 Å². The molecule has 0 amide bonds. The Bertz CT molecular complexity index is 647. The molecule has 0 saturated carbocycles. The molecule has 1 aromatic rings. The van der Waals surface area contributed by atoms with Crippen LogP contribution in [0.1, 0.15) is 41.5 Å². The van der Waals surface area contributed by atoms with Gasteiger partial charge >= 0.3 is 0 Å². The molecule has 1 heterocycles. The minimum Gasteiger partial charge on any atom is -0.536 e.